The molecule has 0 aromatic heterocycles. The second-order valence-electron chi connectivity index (χ2n) is 9.91. The molecular weight excluding hydrogens is 396 g/mol. The topological polar surface area (TPSA) is 51.2 Å². The molecule has 2 aliphatic heterocycles. The largest absolute Gasteiger partial charge is 0.445 e. The number of carbonyl (C=O) groups is 1. The molecule has 1 amide bonds. The van der Waals surface area contributed by atoms with Gasteiger partial charge in [-0.05, 0) is 30.1 Å². The molecule has 3 rings (SSSR count). The maximum atomic E-state index is 12.8. The molecule has 1 aromatic rings. The summed E-state index contributed by atoms with van der Waals surface area (Å²) in [6.07, 6.45) is 0.657. The molecule has 0 unspecified atom stereocenters. The second-order valence-corrected chi connectivity index (χ2v) is 14.7. The zero-order valence-corrected chi connectivity index (χ0v) is 20.2. The molecule has 0 bridgehead atoms. The van der Waals surface area contributed by atoms with Gasteiger partial charge in [0.05, 0.1) is 25.9 Å². The van der Waals surface area contributed by atoms with E-state index in [9.17, 15) is 4.79 Å². The van der Waals surface area contributed by atoms with E-state index in [1.54, 1.807) is 0 Å². The number of piperidine rings is 1. The highest BCUT2D eigenvalue weighted by atomic mass is 28.4. The number of hydrogen-bond acceptors (Lipinski definition) is 5. The molecule has 30 heavy (non-hydrogen) atoms. The van der Waals surface area contributed by atoms with Crippen molar-refractivity contribution in [2.45, 2.75) is 64.1 Å². The second kappa shape index (κ2) is 9.81. The molecule has 0 saturated carbocycles. The number of benzene rings is 1. The zero-order chi connectivity index (χ0) is 21.8. The SMILES string of the molecule is CC(C)(C)[Si](C)(C)O[C@@H]1CN(C(=O)OCc2ccccc2)CC[C@H]1N1CCOCC1. The standard InChI is InChI=1S/C23H38N2O4Si/c1-23(2,3)30(4,5)29-21-17-25(12-11-20(21)24-13-15-27-16-14-24)22(26)28-18-19-9-7-6-8-10-19/h6-10,20-21H,11-18H2,1-5H3/t20-,21-/m1/s1. The predicted molar refractivity (Wildman–Crippen MR) is 121 cm³/mol. The zero-order valence-electron chi connectivity index (χ0n) is 19.2. The van der Waals surface area contributed by atoms with Crippen molar-refractivity contribution in [2.75, 3.05) is 39.4 Å². The molecule has 0 aliphatic carbocycles. The van der Waals surface area contributed by atoms with Crippen molar-refractivity contribution in [1.29, 1.82) is 0 Å². The van der Waals surface area contributed by atoms with E-state index < -0.39 is 8.32 Å². The smallest absolute Gasteiger partial charge is 0.410 e. The molecule has 7 heteroatoms. The van der Waals surface area contributed by atoms with Crippen molar-refractivity contribution in [3.05, 3.63) is 35.9 Å². The van der Waals surface area contributed by atoms with Gasteiger partial charge in [0, 0.05) is 25.7 Å². The van der Waals surface area contributed by atoms with E-state index in [4.69, 9.17) is 13.9 Å². The fourth-order valence-corrected chi connectivity index (χ4v) is 5.22. The molecule has 1 aromatic carbocycles. The first-order valence-corrected chi connectivity index (χ1v) is 14.0. The summed E-state index contributed by atoms with van der Waals surface area (Å²) >= 11 is 0. The van der Waals surface area contributed by atoms with Crippen LogP contribution in [0.3, 0.4) is 0 Å². The van der Waals surface area contributed by atoms with Crippen LogP contribution in [0, 0.1) is 0 Å². The van der Waals surface area contributed by atoms with Gasteiger partial charge in [-0.2, -0.15) is 0 Å². The lowest BCUT2D eigenvalue weighted by atomic mass is 10.00. The first-order valence-electron chi connectivity index (χ1n) is 11.1. The normalized spacial score (nSPS) is 24.0. The van der Waals surface area contributed by atoms with Crippen LogP contribution in [-0.2, 0) is 20.5 Å². The fraction of sp³-hybridized carbons (Fsp3) is 0.696. The minimum absolute atomic E-state index is 0.00187. The number of likely N-dealkylation sites (tertiary alicyclic amines) is 1. The summed E-state index contributed by atoms with van der Waals surface area (Å²) in [5.74, 6) is 0. The Labute approximate surface area is 182 Å². The maximum absolute atomic E-state index is 12.8. The number of hydrogen-bond donors (Lipinski definition) is 0. The molecule has 0 radical (unpaired) electrons. The Morgan fingerprint density at radius 1 is 1.13 bits per heavy atom. The van der Waals surface area contributed by atoms with Gasteiger partial charge in [-0.1, -0.05) is 51.1 Å². The van der Waals surface area contributed by atoms with Crippen molar-refractivity contribution in [2.24, 2.45) is 0 Å². The molecule has 0 spiro atoms. The van der Waals surface area contributed by atoms with Gasteiger partial charge in [0.15, 0.2) is 8.32 Å². The van der Waals surface area contributed by atoms with E-state index in [0.29, 0.717) is 25.7 Å². The van der Waals surface area contributed by atoms with E-state index in [-0.39, 0.29) is 17.2 Å². The van der Waals surface area contributed by atoms with Crippen molar-refractivity contribution in [3.8, 4) is 0 Å². The molecular formula is C23H38N2O4Si. The van der Waals surface area contributed by atoms with Crippen LogP contribution in [-0.4, -0.2) is 75.7 Å². The Balaban J connectivity index is 1.67. The van der Waals surface area contributed by atoms with Crippen molar-refractivity contribution in [3.63, 3.8) is 0 Å². The highest BCUT2D eigenvalue weighted by molar-refractivity contribution is 6.74. The van der Waals surface area contributed by atoms with Crippen LogP contribution >= 0.6 is 0 Å². The summed E-state index contributed by atoms with van der Waals surface area (Å²) in [6, 6.07) is 10.1. The van der Waals surface area contributed by atoms with Crippen LogP contribution in [0.1, 0.15) is 32.8 Å². The number of rotatable bonds is 5. The molecule has 2 atom stereocenters. The first kappa shape index (κ1) is 23.3. The number of ether oxygens (including phenoxy) is 2. The third-order valence-corrected chi connectivity index (χ3v) is 11.3. The molecule has 2 fully saturated rings. The van der Waals surface area contributed by atoms with Gasteiger partial charge in [-0.25, -0.2) is 4.79 Å². The summed E-state index contributed by atoms with van der Waals surface area (Å²) in [5, 5.41) is 0.124. The third-order valence-electron chi connectivity index (χ3n) is 6.75. The number of carbonyl (C=O) groups excluding carboxylic acids is 1. The van der Waals surface area contributed by atoms with E-state index in [0.717, 1.165) is 38.3 Å². The van der Waals surface area contributed by atoms with Crippen LogP contribution in [0.25, 0.3) is 0 Å². The lowest BCUT2D eigenvalue weighted by molar-refractivity contribution is -0.0465. The lowest BCUT2D eigenvalue weighted by Gasteiger charge is -2.48. The van der Waals surface area contributed by atoms with Gasteiger partial charge in [-0.15, -0.1) is 0 Å². The van der Waals surface area contributed by atoms with Gasteiger partial charge in [0.2, 0.25) is 0 Å². The van der Waals surface area contributed by atoms with E-state index in [2.05, 4.69) is 38.8 Å². The molecule has 2 saturated heterocycles. The van der Waals surface area contributed by atoms with Gasteiger partial charge in [-0.3, -0.25) is 4.90 Å². The summed E-state index contributed by atoms with van der Waals surface area (Å²) < 4.78 is 18.0. The van der Waals surface area contributed by atoms with Gasteiger partial charge < -0.3 is 18.8 Å². The minimum Gasteiger partial charge on any atom is -0.445 e. The highest BCUT2D eigenvalue weighted by Crippen LogP contribution is 2.39. The van der Waals surface area contributed by atoms with Crippen LogP contribution in [0.4, 0.5) is 4.79 Å². The molecule has 2 aliphatic rings. The fourth-order valence-electron chi connectivity index (χ4n) is 3.88. The van der Waals surface area contributed by atoms with Crippen molar-refractivity contribution >= 4 is 14.4 Å². The average Bonchev–Trinajstić information content (AvgIpc) is 2.72. The van der Waals surface area contributed by atoms with Crippen LogP contribution < -0.4 is 0 Å². The molecule has 168 valence electrons. The van der Waals surface area contributed by atoms with Crippen molar-refractivity contribution in [1.82, 2.24) is 9.80 Å². The Morgan fingerprint density at radius 3 is 2.43 bits per heavy atom. The summed E-state index contributed by atoms with van der Waals surface area (Å²) in [5.41, 5.74) is 1.00. The molecule has 2 heterocycles. The van der Waals surface area contributed by atoms with Gasteiger partial charge in [0.25, 0.3) is 0 Å². The summed E-state index contributed by atoms with van der Waals surface area (Å²) in [6.45, 7) is 16.4. The molecule has 6 nitrogen and oxygen atoms in total. The molecule has 0 N–H and O–H groups in total. The first-order chi connectivity index (χ1) is 14.2. The quantitative estimate of drug-likeness (QED) is 0.653. The Hall–Kier alpha value is -1.41. The number of nitrogens with zero attached hydrogens (tertiary/aromatic N) is 2. The number of morpholine rings is 1. The summed E-state index contributed by atoms with van der Waals surface area (Å²) in [7, 11) is -1.97. The average molecular weight is 435 g/mol. The lowest BCUT2D eigenvalue weighted by Crippen LogP contribution is -2.61. The third kappa shape index (κ3) is 5.84. The van der Waals surface area contributed by atoms with E-state index >= 15 is 0 Å². The van der Waals surface area contributed by atoms with E-state index in [1.807, 2.05) is 35.2 Å². The summed E-state index contributed by atoms with van der Waals surface area (Å²) in [4.78, 5) is 17.1. The maximum Gasteiger partial charge on any atom is 0.410 e. The van der Waals surface area contributed by atoms with Crippen LogP contribution in [0.15, 0.2) is 30.3 Å². The Bertz CT molecular complexity index is 686. The Kier molecular flexibility index (Phi) is 7.60. The Morgan fingerprint density at radius 2 is 1.80 bits per heavy atom. The van der Waals surface area contributed by atoms with Crippen LogP contribution in [0.2, 0.25) is 18.1 Å². The van der Waals surface area contributed by atoms with Crippen molar-refractivity contribution < 1.29 is 18.7 Å². The minimum atomic E-state index is -1.97. The highest BCUT2D eigenvalue weighted by Gasteiger charge is 2.44. The number of amides is 1. The monoisotopic (exact) mass is 434 g/mol. The van der Waals surface area contributed by atoms with Gasteiger partial charge in [0.1, 0.15) is 6.61 Å². The van der Waals surface area contributed by atoms with Crippen LogP contribution in [0.5, 0.6) is 0 Å². The predicted octanol–water partition coefficient (Wildman–Crippen LogP) is 4.12. The van der Waals surface area contributed by atoms with Gasteiger partial charge >= 0.3 is 6.09 Å². The van der Waals surface area contributed by atoms with E-state index in [1.165, 1.54) is 0 Å².